The first kappa shape index (κ1) is 14.9. The predicted molar refractivity (Wildman–Crippen MR) is 73.5 cm³/mol. The van der Waals surface area contributed by atoms with Crippen molar-refractivity contribution in [3.05, 3.63) is 57.8 Å². The fourth-order valence-electron chi connectivity index (χ4n) is 1.64. The topological polar surface area (TPSA) is 115 Å². The molecule has 0 atom stereocenters. The molecule has 0 saturated heterocycles. The summed E-state index contributed by atoms with van der Waals surface area (Å²) in [4.78, 5) is 25.7. The van der Waals surface area contributed by atoms with E-state index in [0.717, 1.165) is 6.07 Å². The molecule has 0 aliphatic heterocycles. The Kier molecular flexibility index (Phi) is 4.29. The summed E-state index contributed by atoms with van der Waals surface area (Å²) in [5.74, 6) is -0.821. The quantitative estimate of drug-likeness (QED) is 0.483. The molecule has 0 amide bonds. The number of methoxy groups -OCH3 is 1. The van der Waals surface area contributed by atoms with Crippen molar-refractivity contribution in [2.45, 2.75) is 0 Å². The van der Waals surface area contributed by atoms with Crippen LogP contribution in [0.5, 0.6) is 11.6 Å². The van der Waals surface area contributed by atoms with Gasteiger partial charge in [0.05, 0.1) is 17.6 Å². The molecule has 8 nitrogen and oxygen atoms in total. The van der Waals surface area contributed by atoms with E-state index in [1.54, 1.807) is 0 Å². The highest BCUT2D eigenvalue weighted by Gasteiger charge is 2.19. The van der Waals surface area contributed by atoms with Crippen molar-refractivity contribution >= 4 is 11.7 Å². The molecule has 1 heterocycles. The number of carbonyl (C=O) groups is 1. The van der Waals surface area contributed by atoms with Crippen molar-refractivity contribution in [2.75, 3.05) is 7.11 Å². The van der Waals surface area contributed by atoms with Gasteiger partial charge < -0.3 is 9.47 Å². The average molecular weight is 299 g/mol. The Morgan fingerprint density at radius 2 is 2.14 bits per heavy atom. The lowest BCUT2D eigenvalue weighted by Crippen LogP contribution is -2.03. The largest absolute Gasteiger partial charge is 0.465 e. The Morgan fingerprint density at radius 3 is 2.77 bits per heavy atom. The minimum absolute atomic E-state index is 0.00386. The van der Waals surface area contributed by atoms with Crippen LogP contribution in [0.1, 0.15) is 16.1 Å². The average Bonchev–Trinajstić information content (AvgIpc) is 2.54. The number of nitro groups is 1. The lowest BCUT2D eigenvalue weighted by molar-refractivity contribution is -0.385. The molecule has 8 heteroatoms. The maximum Gasteiger partial charge on any atom is 0.337 e. The zero-order valence-electron chi connectivity index (χ0n) is 11.3. The molecule has 1 aromatic heterocycles. The zero-order valence-corrected chi connectivity index (χ0v) is 11.3. The molecule has 0 N–H and O–H groups in total. The van der Waals surface area contributed by atoms with Gasteiger partial charge in [-0.25, -0.2) is 9.78 Å². The number of ether oxygens (including phenoxy) is 2. The first-order chi connectivity index (χ1) is 10.5. The van der Waals surface area contributed by atoms with Gasteiger partial charge in [0.2, 0.25) is 11.6 Å². The van der Waals surface area contributed by atoms with Gasteiger partial charge >= 0.3 is 11.7 Å². The Balaban J connectivity index is 2.44. The van der Waals surface area contributed by atoms with E-state index in [9.17, 15) is 14.9 Å². The number of benzene rings is 1. The van der Waals surface area contributed by atoms with Crippen molar-refractivity contribution in [3.63, 3.8) is 0 Å². The minimum atomic E-state index is -0.654. The first-order valence-electron chi connectivity index (χ1n) is 5.97. The summed E-state index contributed by atoms with van der Waals surface area (Å²) >= 11 is 0. The molecule has 0 aliphatic rings. The van der Waals surface area contributed by atoms with Crippen LogP contribution in [0.3, 0.4) is 0 Å². The van der Waals surface area contributed by atoms with E-state index < -0.39 is 10.9 Å². The standard InChI is InChI=1S/C14H9N3O5/c1-21-14(18)9-5-6-11(17(19)20)12(7-9)22-13-4-2-3-10(8-15)16-13/h2-7H,1H3. The van der Waals surface area contributed by atoms with Crippen molar-refractivity contribution < 1.29 is 19.2 Å². The second-order valence-electron chi connectivity index (χ2n) is 4.01. The number of nitrogens with zero attached hydrogens (tertiary/aromatic N) is 3. The smallest absolute Gasteiger partial charge is 0.337 e. The van der Waals surface area contributed by atoms with Gasteiger partial charge in [-0.3, -0.25) is 10.1 Å². The number of carbonyl (C=O) groups excluding carboxylic acids is 1. The Hall–Kier alpha value is -3.47. The van der Waals surface area contributed by atoms with Gasteiger partial charge in [0.15, 0.2) is 0 Å². The van der Waals surface area contributed by atoms with E-state index in [-0.39, 0.29) is 28.6 Å². The first-order valence-corrected chi connectivity index (χ1v) is 5.97. The molecule has 0 unspecified atom stereocenters. The molecule has 0 radical (unpaired) electrons. The number of nitro benzene ring substituents is 1. The fourth-order valence-corrected chi connectivity index (χ4v) is 1.64. The number of aromatic nitrogens is 1. The summed E-state index contributed by atoms with van der Waals surface area (Å²) in [5.41, 5.74) is -0.138. The second kappa shape index (κ2) is 6.32. The van der Waals surface area contributed by atoms with Crippen LogP contribution in [-0.2, 0) is 4.74 Å². The molecule has 0 spiro atoms. The van der Waals surface area contributed by atoms with E-state index in [1.807, 2.05) is 6.07 Å². The third-order valence-electron chi connectivity index (χ3n) is 2.63. The van der Waals surface area contributed by atoms with Crippen LogP contribution in [0.4, 0.5) is 5.69 Å². The SMILES string of the molecule is COC(=O)c1ccc([N+](=O)[O-])c(Oc2cccc(C#N)n2)c1. The highest BCUT2D eigenvalue weighted by Crippen LogP contribution is 2.31. The Labute approximate surface area is 124 Å². The third-order valence-corrected chi connectivity index (χ3v) is 2.63. The summed E-state index contributed by atoms with van der Waals surface area (Å²) in [5, 5.41) is 19.8. The molecule has 0 aliphatic carbocycles. The van der Waals surface area contributed by atoms with Gasteiger partial charge in [0.25, 0.3) is 0 Å². The van der Waals surface area contributed by atoms with Crippen LogP contribution in [0.25, 0.3) is 0 Å². The highest BCUT2D eigenvalue weighted by atomic mass is 16.6. The van der Waals surface area contributed by atoms with Gasteiger partial charge in [0.1, 0.15) is 11.8 Å². The summed E-state index contributed by atoms with van der Waals surface area (Å²) in [6, 6.07) is 9.84. The minimum Gasteiger partial charge on any atom is -0.465 e. The molecular formula is C14H9N3O5. The molecule has 2 rings (SSSR count). The third kappa shape index (κ3) is 3.16. The predicted octanol–water partition coefficient (Wildman–Crippen LogP) is 2.44. The van der Waals surface area contributed by atoms with Crippen molar-refractivity contribution in [2.24, 2.45) is 0 Å². The molecule has 22 heavy (non-hydrogen) atoms. The van der Waals surface area contributed by atoms with Crippen LogP contribution in [-0.4, -0.2) is 23.0 Å². The van der Waals surface area contributed by atoms with E-state index in [2.05, 4.69) is 9.72 Å². The van der Waals surface area contributed by atoms with Gasteiger partial charge in [-0.1, -0.05) is 6.07 Å². The monoisotopic (exact) mass is 299 g/mol. The van der Waals surface area contributed by atoms with Crippen LogP contribution in [0, 0.1) is 21.4 Å². The molecule has 2 aromatic rings. The van der Waals surface area contributed by atoms with E-state index in [0.29, 0.717) is 0 Å². The fraction of sp³-hybridized carbons (Fsp3) is 0.0714. The van der Waals surface area contributed by atoms with Gasteiger partial charge in [-0.2, -0.15) is 5.26 Å². The number of pyridine rings is 1. The summed E-state index contributed by atoms with van der Waals surface area (Å²) in [6.07, 6.45) is 0. The van der Waals surface area contributed by atoms with Crippen molar-refractivity contribution in [1.29, 1.82) is 5.26 Å². The molecule has 0 bridgehead atoms. The number of nitriles is 1. The highest BCUT2D eigenvalue weighted by molar-refractivity contribution is 5.90. The number of hydrogen-bond acceptors (Lipinski definition) is 7. The maximum atomic E-state index is 11.5. The van der Waals surface area contributed by atoms with E-state index in [4.69, 9.17) is 10.00 Å². The molecule has 1 aromatic carbocycles. The Morgan fingerprint density at radius 1 is 1.36 bits per heavy atom. The van der Waals surface area contributed by atoms with Crippen LogP contribution in [0.2, 0.25) is 0 Å². The summed E-state index contributed by atoms with van der Waals surface area (Å²) in [6.45, 7) is 0. The van der Waals surface area contributed by atoms with Gasteiger partial charge in [-0.05, 0) is 12.1 Å². The molecule has 110 valence electrons. The normalized spacial score (nSPS) is 9.64. The van der Waals surface area contributed by atoms with Gasteiger partial charge in [-0.15, -0.1) is 0 Å². The van der Waals surface area contributed by atoms with Gasteiger partial charge in [0, 0.05) is 18.2 Å². The zero-order chi connectivity index (χ0) is 16.1. The van der Waals surface area contributed by atoms with E-state index >= 15 is 0 Å². The van der Waals surface area contributed by atoms with Crippen molar-refractivity contribution in [1.82, 2.24) is 4.98 Å². The molecule has 0 saturated carbocycles. The van der Waals surface area contributed by atoms with E-state index in [1.165, 1.54) is 37.4 Å². The second-order valence-corrected chi connectivity index (χ2v) is 4.01. The molecular weight excluding hydrogens is 290 g/mol. The number of hydrogen-bond donors (Lipinski definition) is 0. The lowest BCUT2D eigenvalue weighted by Gasteiger charge is -2.07. The summed E-state index contributed by atoms with van der Waals surface area (Å²) in [7, 11) is 1.20. The number of esters is 1. The Bertz CT molecular complexity index is 782. The maximum absolute atomic E-state index is 11.5. The lowest BCUT2D eigenvalue weighted by atomic mass is 10.2. The number of rotatable bonds is 4. The summed E-state index contributed by atoms with van der Waals surface area (Å²) < 4.78 is 9.89. The van der Waals surface area contributed by atoms with Crippen LogP contribution >= 0.6 is 0 Å². The van der Waals surface area contributed by atoms with Crippen molar-refractivity contribution in [3.8, 4) is 17.7 Å². The van der Waals surface area contributed by atoms with Crippen LogP contribution in [0.15, 0.2) is 36.4 Å². The molecule has 0 fully saturated rings. The van der Waals surface area contributed by atoms with Crippen LogP contribution < -0.4 is 4.74 Å².